The molecule has 0 atom stereocenters. The van der Waals surface area contributed by atoms with E-state index < -0.39 is 0 Å². The Hall–Kier alpha value is -1.30. The summed E-state index contributed by atoms with van der Waals surface area (Å²) in [6.45, 7) is 3.97. The van der Waals surface area contributed by atoms with E-state index in [-0.39, 0.29) is 5.71 Å². The van der Waals surface area contributed by atoms with Crippen molar-refractivity contribution in [1.29, 1.82) is 10.7 Å². The van der Waals surface area contributed by atoms with Crippen LogP contribution in [0.15, 0.2) is 12.3 Å². The van der Waals surface area contributed by atoms with Crippen molar-refractivity contribution < 1.29 is 0 Å². The van der Waals surface area contributed by atoms with E-state index in [0.29, 0.717) is 6.04 Å². The van der Waals surface area contributed by atoms with Crippen molar-refractivity contribution in [3.63, 3.8) is 0 Å². The summed E-state index contributed by atoms with van der Waals surface area (Å²) in [7, 11) is 0. The summed E-state index contributed by atoms with van der Waals surface area (Å²) in [4.78, 5) is 0. The normalized spacial score (nSPS) is 9.80. The van der Waals surface area contributed by atoms with Gasteiger partial charge in [-0.1, -0.05) is 0 Å². The van der Waals surface area contributed by atoms with Crippen LogP contribution in [0.5, 0.6) is 0 Å². The predicted molar refractivity (Wildman–Crippen MR) is 40.8 cm³/mol. The SMILES string of the molecule is CC(C)N/C=C\C(=N)C#N. The number of allylic oxidation sites excluding steroid dienone is 1. The zero-order chi connectivity index (χ0) is 7.98. The Morgan fingerprint density at radius 2 is 2.30 bits per heavy atom. The van der Waals surface area contributed by atoms with E-state index in [9.17, 15) is 0 Å². The molecule has 0 aliphatic heterocycles. The van der Waals surface area contributed by atoms with Gasteiger partial charge in [0.1, 0.15) is 11.8 Å². The molecule has 2 N–H and O–H groups in total. The lowest BCUT2D eigenvalue weighted by Gasteiger charge is -2.01. The lowest BCUT2D eigenvalue weighted by atomic mass is 10.4. The first-order valence-corrected chi connectivity index (χ1v) is 3.08. The molecule has 0 aromatic heterocycles. The number of rotatable bonds is 3. The molecule has 0 aliphatic rings. The van der Waals surface area contributed by atoms with Gasteiger partial charge >= 0.3 is 0 Å². The molecule has 3 heteroatoms. The van der Waals surface area contributed by atoms with Crippen LogP contribution >= 0.6 is 0 Å². The third kappa shape index (κ3) is 4.85. The van der Waals surface area contributed by atoms with E-state index >= 15 is 0 Å². The molecule has 0 saturated heterocycles. The van der Waals surface area contributed by atoms with Crippen LogP contribution in [-0.2, 0) is 0 Å². The molecular formula is C7H11N3. The number of nitriles is 1. The summed E-state index contributed by atoms with van der Waals surface area (Å²) >= 11 is 0. The number of hydrogen-bond donors (Lipinski definition) is 2. The van der Waals surface area contributed by atoms with Gasteiger partial charge in [0.25, 0.3) is 0 Å². The van der Waals surface area contributed by atoms with Gasteiger partial charge in [-0.3, -0.25) is 5.41 Å². The van der Waals surface area contributed by atoms with Crippen molar-refractivity contribution in [2.75, 3.05) is 0 Å². The van der Waals surface area contributed by atoms with Gasteiger partial charge in [-0.15, -0.1) is 0 Å². The molecule has 0 amide bonds. The van der Waals surface area contributed by atoms with E-state index in [1.165, 1.54) is 6.08 Å². The largest absolute Gasteiger partial charge is 0.389 e. The highest BCUT2D eigenvalue weighted by molar-refractivity contribution is 6.04. The van der Waals surface area contributed by atoms with Crippen molar-refractivity contribution >= 4 is 5.71 Å². The van der Waals surface area contributed by atoms with Crippen molar-refractivity contribution in [3.05, 3.63) is 12.3 Å². The summed E-state index contributed by atoms with van der Waals surface area (Å²) in [6, 6.07) is 2.04. The number of nitrogens with zero attached hydrogens (tertiary/aromatic N) is 1. The van der Waals surface area contributed by atoms with Crippen LogP contribution in [0.2, 0.25) is 0 Å². The predicted octanol–water partition coefficient (Wildman–Crippen LogP) is 1.04. The fourth-order valence-electron chi connectivity index (χ4n) is 0.361. The zero-order valence-electron chi connectivity index (χ0n) is 6.18. The van der Waals surface area contributed by atoms with Gasteiger partial charge in [-0.05, 0) is 26.1 Å². The lowest BCUT2D eigenvalue weighted by Crippen LogP contribution is -2.15. The topological polar surface area (TPSA) is 59.7 Å². The second-order valence-electron chi connectivity index (χ2n) is 2.18. The minimum Gasteiger partial charge on any atom is -0.389 e. The van der Waals surface area contributed by atoms with Crippen LogP contribution in [0.25, 0.3) is 0 Å². The smallest absolute Gasteiger partial charge is 0.133 e. The van der Waals surface area contributed by atoms with Crippen LogP contribution in [0.4, 0.5) is 0 Å². The second kappa shape index (κ2) is 4.57. The fourth-order valence-corrected chi connectivity index (χ4v) is 0.361. The van der Waals surface area contributed by atoms with Gasteiger partial charge in [0, 0.05) is 6.04 Å². The minimum atomic E-state index is -0.0341. The monoisotopic (exact) mass is 137 g/mol. The highest BCUT2D eigenvalue weighted by Crippen LogP contribution is 1.77. The van der Waals surface area contributed by atoms with E-state index in [1.807, 2.05) is 13.8 Å². The molecule has 0 aliphatic carbocycles. The Balaban J connectivity index is 3.59. The quantitative estimate of drug-likeness (QED) is 0.571. The van der Waals surface area contributed by atoms with Gasteiger partial charge in [0.05, 0.1) is 0 Å². The maximum absolute atomic E-state index is 8.15. The molecule has 3 nitrogen and oxygen atoms in total. The van der Waals surface area contributed by atoms with Gasteiger partial charge in [0.2, 0.25) is 0 Å². The third-order valence-corrected chi connectivity index (χ3v) is 0.800. The molecule has 0 aromatic carbocycles. The Morgan fingerprint density at radius 1 is 1.70 bits per heavy atom. The third-order valence-electron chi connectivity index (χ3n) is 0.800. The summed E-state index contributed by atoms with van der Waals surface area (Å²) in [6.07, 6.45) is 3.04. The standard InChI is InChI=1S/C7H11N3/c1-6(2)10-4-3-7(9)5-8/h3-4,6,9-10H,1-2H3/b4-3-,9-7?. The van der Waals surface area contributed by atoms with Gasteiger partial charge in [0.15, 0.2) is 0 Å². The highest BCUT2D eigenvalue weighted by atomic mass is 14.9. The minimum absolute atomic E-state index is 0.0341. The average molecular weight is 137 g/mol. The van der Waals surface area contributed by atoms with Crippen LogP contribution in [0, 0.1) is 16.7 Å². The van der Waals surface area contributed by atoms with E-state index in [4.69, 9.17) is 10.7 Å². The van der Waals surface area contributed by atoms with Crippen molar-refractivity contribution in [3.8, 4) is 6.07 Å². The van der Waals surface area contributed by atoms with Crippen LogP contribution in [0.1, 0.15) is 13.8 Å². The van der Waals surface area contributed by atoms with Crippen molar-refractivity contribution in [2.24, 2.45) is 0 Å². The molecule has 54 valence electrons. The second-order valence-corrected chi connectivity index (χ2v) is 2.18. The van der Waals surface area contributed by atoms with E-state index in [0.717, 1.165) is 0 Å². The maximum atomic E-state index is 8.15. The first kappa shape index (κ1) is 8.70. The fraction of sp³-hybridized carbons (Fsp3) is 0.429. The van der Waals surface area contributed by atoms with Crippen LogP contribution in [0.3, 0.4) is 0 Å². The van der Waals surface area contributed by atoms with Crippen LogP contribution < -0.4 is 5.32 Å². The Bertz CT molecular complexity index is 174. The first-order chi connectivity index (χ1) is 4.66. The summed E-state index contributed by atoms with van der Waals surface area (Å²) in [5.41, 5.74) is -0.0341. The van der Waals surface area contributed by atoms with Crippen LogP contribution in [-0.4, -0.2) is 11.8 Å². The van der Waals surface area contributed by atoms with Crippen molar-refractivity contribution in [1.82, 2.24) is 5.32 Å². The number of nitrogens with one attached hydrogen (secondary N) is 2. The molecule has 0 rings (SSSR count). The molecule has 0 heterocycles. The summed E-state index contributed by atoms with van der Waals surface area (Å²) < 4.78 is 0. The number of hydrogen-bond acceptors (Lipinski definition) is 3. The zero-order valence-corrected chi connectivity index (χ0v) is 6.18. The molecule has 0 spiro atoms. The maximum Gasteiger partial charge on any atom is 0.133 e. The molecule has 0 saturated carbocycles. The Kier molecular flexibility index (Phi) is 3.97. The highest BCUT2D eigenvalue weighted by Gasteiger charge is 1.85. The molecule has 0 unspecified atom stereocenters. The molecule has 0 fully saturated rings. The molecule has 0 radical (unpaired) electrons. The van der Waals surface area contributed by atoms with Crippen molar-refractivity contribution in [2.45, 2.75) is 19.9 Å². The average Bonchev–Trinajstić information content (AvgIpc) is 1.87. The van der Waals surface area contributed by atoms with Gasteiger partial charge in [-0.2, -0.15) is 5.26 Å². The molecule has 0 aromatic rings. The van der Waals surface area contributed by atoms with Gasteiger partial charge in [-0.25, -0.2) is 0 Å². The Morgan fingerprint density at radius 3 is 2.70 bits per heavy atom. The van der Waals surface area contributed by atoms with E-state index in [1.54, 1.807) is 12.3 Å². The molecular weight excluding hydrogens is 126 g/mol. The Labute approximate surface area is 60.9 Å². The summed E-state index contributed by atoms with van der Waals surface area (Å²) in [5, 5.41) is 18.0. The van der Waals surface area contributed by atoms with Gasteiger partial charge < -0.3 is 5.32 Å². The lowest BCUT2D eigenvalue weighted by molar-refractivity contribution is 0.703. The first-order valence-electron chi connectivity index (χ1n) is 3.08. The molecule has 10 heavy (non-hydrogen) atoms. The summed E-state index contributed by atoms with van der Waals surface area (Å²) in [5.74, 6) is 0. The van der Waals surface area contributed by atoms with E-state index in [2.05, 4.69) is 5.32 Å². The molecule has 0 bridgehead atoms.